The SMILES string of the molecule is C=C1CCCCC1Oc1ccc(C(C)=O)c(O)c1CCC. The molecule has 3 nitrogen and oxygen atoms in total. The molecule has 114 valence electrons. The van der Waals surface area contributed by atoms with Crippen LogP contribution in [0, 0.1) is 0 Å². The predicted octanol–water partition coefficient (Wildman–Crippen LogP) is 4.42. The zero-order valence-electron chi connectivity index (χ0n) is 12.9. The normalized spacial score (nSPS) is 18.6. The lowest BCUT2D eigenvalue weighted by atomic mass is 9.93. The second kappa shape index (κ2) is 6.79. The van der Waals surface area contributed by atoms with Gasteiger partial charge in [0.05, 0.1) is 5.56 Å². The van der Waals surface area contributed by atoms with Crippen LogP contribution in [0.3, 0.4) is 0 Å². The van der Waals surface area contributed by atoms with E-state index in [-0.39, 0.29) is 17.6 Å². The molecular formula is C18H24O3. The molecule has 1 atom stereocenters. The molecule has 0 spiro atoms. The van der Waals surface area contributed by atoms with Crippen molar-refractivity contribution in [3.05, 3.63) is 35.4 Å². The fourth-order valence-electron chi connectivity index (χ4n) is 2.85. The number of ketones is 1. The van der Waals surface area contributed by atoms with Gasteiger partial charge in [0.1, 0.15) is 17.6 Å². The number of phenolic OH excluding ortho intramolecular Hbond substituents is 1. The highest BCUT2D eigenvalue weighted by Crippen LogP contribution is 2.35. The number of phenols is 1. The van der Waals surface area contributed by atoms with E-state index in [1.807, 2.05) is 13.0 Å². The van der Waals surface area contributed by atoms with Crippen molar-refractivity contribution in [3.63, 3.8) is 0 Å². The largest absolute Gasteiger partial charge is 0.507 e. The summed E-state index contributed by atoms with van der Waals surface area (Å²) in [5.41, 5.74) is 2.23. The molecular weight excluding hydrogens is 264 g/mol. The Morgan fingerprint density at radius 2 is 2.19 bits per heavy atom. The maximum absolute atomic E-state index is 11.6. The Labute approximate surface area is 126 Å². The van der Waals surface area contributed by atoms with Gasteiger partial charge in [0.25, 0.3) is 0 Å². The number of rotatable bonds is 5. The smallest absolute Gasteiger partial charge is 0.163 e. The third kappa shape index (κ3) is 3.46. The van der Waals surface area contributed by atoms with Crippen molar-refractivity contribution in [2.45, 2.75) is 58.5 Å². The molecule has 21 heavy (non-hydrogen) atoms. The minimum absolute atomic E-state index is 0.0249. The van der Waals surface area contributed by atoms with E-state index in [9.17, 15) is 9.90 Å². The molecule has 1 saturated carbocycles. The summed E-state index contributed by atoms with van der Waals surface area (Å²) in [7, 11) is 0. The van der Waals surface area contributed by atoms with E-state index in [0.717, 1.165) is 36.8 Å². The van der Waals surface area contributed by atoms with Crippen LogP contribution in [0.5, 0.6) is 11.5 Å². The van der Waals surface area contributed by atoms with Crippen molar-refractivity contribution in [1.29, 1.82) is 0 Å². The van der Waals surface area contributed by atoms with Gasteiger partial charge < -0.3 is 9.84 Å². The Kier molecular flexibility index (Phi) is 5.05. The fraction of sp³-hybridized carbons (Fsp3) is 0.500. The molecule has 0 aliphatic heterocycles. The van der Waals surface area contributed by atoms with Crippen molar-refractivity contribution >= 4 is 5.78 Å². The number of Topliss-reactive ketones (excluding diaryl/α,β-unsaturated/α-hetero) is 1. The van der Waals surface area contributed by atoms with Crippen LogP contribution in [0.4, 0.5) is 0 Å². The quantitative estimate of drug-likeness (QED) is 0.644. The molecule has 1 fully saturated rings. The van der Waals surface area contributed by atoms with E-state index in [1.54, 1.807) is 6.07 Å². The number of aromatic hydroxyl groups is 1. The Hall–Kier alpha value is -1.77. The number of benzene rings is 1. The molecule has 0 bridgehead atoms. The van der Waals surface area contributed by atoms with Crippen LogP contribution in [0.2, 0.25) is 0 Å². The van der Waals surface area contributed by atoms with E-state index >= 15 is 0 Å². The van der Waals surface area contributed by atoms with Gasteiger partial charge in [0, 0.05) is 5.56 Å². The monoisotopic (exact) mass is 288 g/mol. The van der Waals surface area contributed by atoms with Crippen LogP contribution in [0.25, 0.3) is 0 Å². The Balaban J connectivity index is 2.31. The van der Waals surface area contributed by atoms with Crippen LogP contribution in [-0.2, 0) is 6.42 Å². The van der Waals surface area contributed by atoms with E-state index in [1.165, 1.54) is 13.3 Å². The first-order valence-corrected chi connectivity index (χ1v) is 7.74. The predicted molar refractivity (Wildman–Crippen MR) is 84.1 cm³/mol. The van der Waals surface area contributed by atoms with Crippen molar-refractivity contribution in [1.82, 2.24) is 0 Å². The minimum atomic E-state index is -0.126. The lowest BCUT2D eigenvalue weighted by molar-refractivity contribution is 0.101. The van der Waals surface area contributed by atoms with Crippen molar-refractivity contribution in [2.24, 2.45) is 0 Å². The molecule has 0 amide bonds. The van der Waals surface area contributed by atoms with Crippen LogP contribution in [0.1, 0.15) is 61.9 Å². The summed E-state index contributed by atoms with van der Waals surface area (Å²) in [5.74, 6) is 0.633. The van der Waals surface area contributed by atoms with E-state index in [4.69, 9.17) is 4.74 Å². The zero-order chi connectivity index (χ0) is 15.4. The van der Waals surface area contributed by atoms with Gasteiger partial charge in [-0.3, -0.25) is 4.79 Å². The molecule has 0 saturated heterocycles. The summed E-state index contributed by atoms with van der Waals surface area (Å²) in [6.45, 7) is 7.61. The summed E-state index contributed by atoms with van der Waals surface area (Å²) in [6, 6.07) is 3.46. The topological polar surface area (TPSA) is 46.5 Å². The van der Waals surface area contributed by atoms with Gasteiger partial charge in [-0.05, 0) is 56.7 Å². The Morgan fingerprint density at radius 3 is 2.81 bits per heavy atom. The van der Waals surface area contributed by atoms with Crippen molar-refractivity contribution < 1.29 is 14.6 Å². The molecule has 0 aromatic heterocycles. The standard InChI is InChI=1S/C18H24O3/c1-4-7-15-17(11-10-14(13(3)19)18(15)20)21-16-9-6-5-8-12(16)2/h10-11,16,20H,2,4-9H2,1,3H3. The zero-order valence-corrected chi connectivity index (χ0v) is 12.9. The summed E-state index contributed by atoms with van der Waals surface area (Å²) >= 11 is 0. The van der Waals surface area contributed by atoms with E-state index < -0.39 is 0 Å². The third-order valence-corrected chi connectivity index (χ3v) is 4.06. The first-order valence-electron chi connectivity index (χ1n) is 7.74. The summed E-state index contributed by atoms with van der Waals surface area (Å²) < 4.78 is 6.10. The van der Waals surface area contributed by atoms with Gasteiger partial charge in [-0.2, -0.15) is 0 Å². The highest BCUT2D eigenvalue weighted by molar-refractivity contribution is 5.97. The summed E-state index contributed by atoms with van der Waals surface area (Å²) in [5, 5.41) is 10.3. The summed E-state index contributed by atoms with van der Waals surface area (Å²) in [4.78, 5) is 11.6. The third-order valence-electron chi connectivity index (χ3n) is 4.06. The molecule has 1 unspecified atom stereocenters. The molecule has 1 aliphatic rings. The van der Waals surface area contributed by atoms with Gasteiger partial charge in [0.15, 0.2) is 5.78 Å². The molecule has 0 heterocycles. The minimum Gasteiger partial charge on any atom is -0.507 e. The molecule has 1 aliphatic carbocycles. The number of carbonyl (C=O) groups excluding carboxylic acids is 1. The van der Waals surface area contributed by atoms with Crippen LogP contribution in [0.15, 0.2) is 24.3 Å². The van der Waals surface area contributed by atoms with Crippen LogP contribution >= 0.6 is 0 Å². The second-order valence-corrected chi connectivity index (χ2v) is 5.76. The summed E-state index contributed by atoms with van der Waals surface area (Å²) in [6.07, 6.45) is 5.90. The van der Waals surface area contributed by atoms with E-state index in [0.29, 0.717) is 17.7 Å². The highest BCUT2D eigenvalue weighted by atomic mass is 16.5. The van der Waals surface area contributed by atoms with Crippen LogP contribution < -0.4 is 4.74 Å². The molecule has 1 aromatic rings. The first kappa shape index (κ1) is 15.6. The van der Waals surface area contributed by atoms with Gasteiger partial charge in [-0.1, -0.05) is 19.9 Å². The number of carbonyl (C=O) groups is 1. The van der Waals surface area contributed by atoms with Gasteiger partial charge in [-0.15, -0.1) is 0 Å². The highest BCUT2D eigenvalue weighted by Gasteiger charge is 2.22. The second-order valence-electron chi connectivity index (χ2n) is 5.76. The molecule has 1 N–H and O–H groups in total. The fourth-order valence-corrected chi connectivity index (χ4v) is 2.85. The van der Waals surface area contributed by atoms with Crippen molar-refractivity contribution in [3.8, 4) is 11.5 Å². The lowest BCUT2D eigenvalue weighted by Gasteiger charge is -2.27. The lowest BCUT2D eigenvalue weighted by Crippen LogP contribution is -2.22. The molecule has 0 radical (unpaired) electrons. The average Bonchev–Trinajstić information content (AvgIpc) is 2.45. The van der Waals surface area contributed by atoms with Crippen LogP contribution in [-0.4, -0.2) is 17.0 Å². The van der Waals surface area contributed by atoms with E-state index in [2.05, 4.69) is 6.58 Å². The number of hydrogen-bond donors (Lipinski definition) is 1. The van der Waals surface area contributed by atoms with Crippen molar-refractivity contribution in [2.75, 3.05) is 0 Å². The van der Waals surface area contributed by atoms with Gasteiger partial charge in [-0.25, -0.2) is 0 Å². The van der Waals surface area contributed by atoms with Gasteiger partial charge in [0.2, 0.25) is 0 Å². The molecule has 3 heteroatoms. The number of ether oxygens (including phenoxy) is 1. The molecule has 2 rings (SSSR count). The first-order chi connectivity index (χ1) is 10.0. The molecule has 1 aromatic carbocycles. The Morgan fingerprint density at radius 1 is 1.43 bits per heavy atom. The maximum atomic E-state index is 11.6. The average molecular weight is 288 g/mol. The van der Waals surface area contributed by atoms with Gasteiger partial charge >= 0.3 is 0 Å². The Bertz CT molecular complexity index is 546. The number of hydrogen-bond acceptors (Lipinski definition) is 3. The maximum Gasteiger partial charge on any atom is 0.163 e.